The first kappa shape index (κ1) is 10.9. The molecule has 16 heavy (non-hydrogen) atoms. The van der Waals surface area contributed by atoms with Gasteiger partial charge in [-0.1, -0.05) is 32.0 Å². The van der Waals surface area contributed by atoms with Crippen molar-refractivity contribution >= 4 is 10.8 Å². The van der Waals surface area contributed by atoms with Crippen molar-refractivity contribution in [1.29, 1.82) is 0 Å². The number of hydrogen-bond acceptors (Lipinski definition) is 1. The molecule has 0 amide bonds. The van der Waals surface area contributed by atoms with Gasteiger partial charge in [-0.25, -0.2) is 0 Å². The van der Waals surface area contributed by atoms with E-state index in [0.717, 1.165) is 12.5 Å². The lowest BCUT2D eigenvalue weighted by Crippen LogP contribution is -2.31. The molecule has 2 nitrogen and oxygen atoms in total. The number of aromatic nitrogens is 1. The molecule has 0 unspecified atom stereocenters. The summed E-state index contributed by atoms with van der Waals surface area (Å²) in [5.74, 6) is 1.49. The van der Waals surface area contributed by atoms with Crippen LogP contribution in [0.1, 0.15) is 13.8 Å². The van der Waals surface area contributed by atoms with Gasteiger partial charge < -0.3 is 4.74 Å². The summed E-state index contributed by atoms with van der Waals surface area (Å²) in [4.78, 5) is 0. The molecule has 0 atom stereocenters. The minimum atomic E-state index is 0.541. The van der Waals surface area contributed by atoms with Crippen LogP contribution in [0.25, 0.3) is 10.8 Å². The number of benzene rings is 1. The summed E-state index contributed by atoms with van der Waals surface area (Å²) < 4.78 is 7.91. The summed E-state index contributed by atoms with van der Waals surface area (Å²) in [7, 11) is 2.02. The molecule has 1 aromatic carbocycles. The Morgan fingerprint density at radius 3 is 2.69 bits per heavy atom. The summed E-state index contributed by atoms with van der Waals surface area (Å²) in [6.45, 7) is 5.07. The molecule has 0 saturated carbocycles. The normalized spacial score (nSPS) is 11.0. The molecule has 1 heterocycles. The van der Waals surface area contributed by atoms with E-state index in [4.69, 9.17) is 4.74 Å². The van der Waals surface area contributed by atoms with Crippen molar-refractivity contribution in [2.24, 2.45) is 13.0 Å². The number of aryl methyl sites for hydroxylation is 1. The minimum Gasteiger partial charge on any atom is -0.444 e. The Kier molecular flexibility index (Phi) is 3.09. The zero-order valence-corrected chi connectivity index (χ0v) is 10.1. The topological polar surface area (TPSA) is 13.1 Å². The Labute approximate surface area is 96.5 Å². The molecule has 84 valence electrons. The van der Waals surface area contributed by atoms with E-state index in [-0.39, 0.29) is 0 Å². The molecule has 0 radical (unpaired) electrons. The SMILES string of the molecule is CC(C)COc1c2ccccc2cc[n+]1C. The van der Waals surface area contributed by atoms with Gasteiger partial charge in [-0.05, 0) is 17.4 Å². The van der Waals surface area contributed by atoms with E-state index in [2.05, 4.69) is 38.1 Å². The monoisotopic (exact) mass is 216 g/mol. The van der Waals surface area contributed by atoms with Crippen molar-refractivity contribution in [3.05, 3.63) is 36.5 Å². The molecule has 1 aromatic heterocycles. The maximum Gasteiger partial charge on any atom is 0.375 e. The summed E-state index contributed by atoms with van der Waals surface area (Å²) in [5, 5.41) is 2.40. The van der Waals surface area contributed by atoms with E-state index in [1.165, 1.54) is 10.8 Å². The molecule has 2 rings (SSSR count). The van der Waals surface area contributed by atoms with E-state index < -0.39 is 0 Å². The fourth-order valence-electron chi connectivity index (χ4n) is 1.71. The molecular formula is C14H18NO+. The van der Waals surface area contributed by atoms with Crippen molar-refractivity contribution in [2.75, 3.05) is 6.61 Å². The second kappa shape index (κ2) is 4.52. The Balaban J connectivity index is 2.44. The maximum absolute atomic E-state index is 5.87. The van der Waals surface area contributed by atoms with Gasteiger partial charge in [-0.15, -0.1) is 0 Å². The van der Waals surface area contributed by atoms with E-state index in [9.17, 15) is 0 Å². The maximum atomic E-state index is 5.87. The van der Waals surface area contributed by atoms with Crippen molar-refractivity contribution in [1.82, 2.24) is 0 Å². The number of nitrogens with zero attached hydrogens (tertiary/aromatic N) is 1. The highest BCUT2D eigenvalue weighted by molar-refractivity contribution is 5.85. The molecule has 2 aromatic rings. The van der Waals surface area contributed by atoms with Crippen LogP contribution >= 0.6 is 0 Å². The van der Waals surface area contributed by atoms with Crippen LogP contribution in [-0.2, 0) is 7.05 Å². The molecule has 0 spiro atoms. The van der Waals surface area contributed by atoms with Gasteiger partial charge in [0.2, 0.25) is 0 Å². The third-order valence-corrected chi connectivity index (χ3v) is 2.54. The molecule has 0 bridgehead atoms. The molecule has 0 fully saturated rings. The largest absolute Gasteiger partial charge is 0.444 e. The fraction of sp³-hybridized carbons (Fsp3) is 0.357. The standard InChI is InChI=1S/C14H18NO/c1-11(2)10-16-14-13-7-5-4-6-12(13)8-9-15(14)3/h4-9,11H,10H2,1-3H3/q+1. The van der Waals surface area contributed by atoms with Gasteiger partial charge in [0.05, 0.1) is 12.0 Å². The van der Waals surface area contributed by atoms with Crippen molar-refractivity contribution in [3.63, 3.8) is 0 Å². The Hall–Kier alpha value is -1.57. The smallest absolute Gasteiger partial charge is 0.375 e. The quantitative estimate of drug-likeness (QED) is 0.719. The van der Waals surface area contributed by atoms with E-state index in [1.54, 1.807) is 0 Å². The van der Waals surface area contributed by atoms with Crippen LogP contribution in [0.15, 0.2) is 36.5 Å². The lowest BCUT2D eigenvalue weighted by molar-refractivity contribution is -0.675. The van der Waals surface area contributed by atoms with Gasteiger partial charge in [0, 0.05) is 6.07 Å². The van der Waals surface area contributed by atoms with E-state index >= 15 is 0 Å². The lowest BCUT2D eigenvalue weighted by atomic mass is 10.2. The van der Waals surface area contributed by atoms with Gasteiger partial charge in [-0.2, -0.15) is 4.57 Å². The highest BCUT2D eigenvalue weighted by Crippen LogP contribution is 2.21. The zero-order valence-electron chi connectivity index (χ0n) is 10.1. The van der Waals surface area contributed by atoms with E-state index in [0.29, 0.717) is 5.92 Å². The van der Waals surface area contributed by atoms with Gasteiger partial charge >= 0.3 is 5.88 Å². The van der Waals surface area contributed by atoms with Gasteiger partial charge in [0.25, 0.3) is 0 Å². The second-order valence-corrected chi connectivity index (χ2v) is 4.52. The first-order valence-electron chi connectivity index (χ1n) is 5.68. The number of rotatable bonds is 3. The summed E-state index contributed by atoms with van der Waals surface area (Å²) in [6.07, 6.45) is 2.04. The molecule has 0 aliphatic heterocycles. The first-order chi connectivity index (χ1) is 7.68. The summed E-state index contributed by atoms with van der Waals surface area (Å²) >= 11 is 0. The van der Waals surface area contributed by atoms with Crippen LogP contribution in [0, 0.1) is 5.92 Å². The Bertz CT molecular complexity index is 491. The van der Waals surface area contributed by atoms with Crippen LogP contribution in [0.3, 0.4) is 0 Å². The van der Waals surface area contributed by atoms with Crippen molar-refractivity contribution in [3.8, 4) is 5.88 Å². The van der Waals surface area contributed by atoms with Crippen molar-refractivity contribution in [2.45, 2.75) is 13.8 Å². The molecule has 0 N–H and O–H groups in total. The average Bonchev–Trinajstić information content (AvgIpc) is 2.27. The number of fused-ring (bicyclic) bond motifs is 1. The summed E-state index contributed by atoms with van der Waals surface area (Å²) in [5.41, 5.74) is 0. The lowest BCUT2D eigenvalue weighted by Gasteiger charge is -2.08. The molecule has 0 aliphatic rings. The van der Waals surface area contributed by atoms with Crippen LogP contribution in [0.5, 0.6) is 5.88 Å². The average molecular weight is 216 g/mol. The van der Waals surface area contributed by atoms with Gasteiger partial charge in [-0.3, -0.25) is 0 Å². The zero-order chi connectivity index (χ0) is 11.5. The van der Waals surface area contributed by atoms with Crippen LogP contribution < -0.4 is 9.30 Å². The molecule has 2 heteroatoms. The highest BCUT2D eigenvalue weighted by atomic mass is 16.5. The minimum absolute atomic E-state index is 0.541. The fourth-order valence-corrected chi connectivity index (χ4v) is 1.71. The number of ether oxygens (including phenoxy) is 1. The number of pyridine rings is 1. The second-order valence-electron chi connectivity index (χ2n) is 4.52. The Morgan fingerprint density at radius 1 is 1.19 bits per heavy atom. The van der Waals surface area contributed by atoms with Crippen LogP contribution in [0.4, 0.5) is 0 Å². The van der Waals surface area contributed by atoms with Gasteiger partial charge in [0.15, 0.2) is 6.20 Å². The van der Waals surface area contributed by atoms with Crippen LogP contribution in [-0.4, -0.2) is 6.61 Å². The third-order valence-electron chi connectivity index (χ3n) is 2.54. The highest BCUT2D eigenvalue weighted by Gasteiger charge is 2.13. The first-order valence-corrected chi connectivity index (χ1v) is 5.68. The molecule has 0 saturated heterocycles. The summed E-state index contributed by atoms with van der Waals surface area (Å²) in [6, 6.07) is 10.4. The third kappa shape index (κ3) is 2.16. The predicted octanol–water partition coefficient (Wildman–Crippen LogP) is 2.70. The predicted molar refractivity (Wildman–Crippen MR) is 65.5 cm³/mol. The number of hydrogen-bond donors (Lipinski definition) is 0. The molecular weight excluding hydrogens is 198 g/mol. The van der Waals surface area contributed by atoms with Crippen molar-refractivity contribution < 1.29 is 9.30 Å². The van der Waals surface area contributed by atoms with Gasteiger partial charge in [0.1, 0.15) is 7.05 Å². The Morgan fingerprint density at radius 2 is 1.94 bits per heavy atom. The molecule has 0 aliphatic carbocycles. The van der Waals surface area contributed by atoms with Crippen LogP contribution in [0.2, 0.25) is 0 Å². The van der Waals surface area contributed by atoms with E-state index in [1.807, 2.05) is 23.9 Å².